The lowest BCUT2D eigenvalue weighted by molar-refractivity contribution is -0.115. The maximum absolute atomic E-state index is 12.8. The second-order valence-corrected chi connectivity index (χ2v) is 9.05. The number of hydrogen-bond acceptors (Lipinski definition) is 5. The van der Waals surface area contributed by atoms with Gasteiger partial charge in [0.15, 0.2) is 0 Å². The number of carbonyl (C=O) groups excluding carboxylic acids is 2. The summed E-state index contributed by atoms with van der Waals surface area (Å²) in [5, 5.41) is 2.82. The summed E-state index contributed by atoms with van der Waals surface area (Å²) in [6.45, 7) is 2.14. The topological polar surface area (TPSA) is 67.9 Å². The van der Waals surface area contributed by atoms with Crippen LogP contribution in [0, 0.1) is 0 Å². The van der Waals surface area contributed by atoms with Crippen molar-refractivity contribution in [1.82, 2.24) is 0 Å². The first kappa shape index (κ1) is 23.7. The van der Waals surface area contributed by atoms with E-state index < -0.39 is 0 Å². The van der Waals surface area contributed by atoms with Crippen LogP contribution < -0.4 is 19.7 Å². The highest BCUT2D eigenvalue weighted by atomic mass is 32.2. The van der Waals surface area contributed by atoms with Crippen LogP contribution in [0.1, 0.15) is 40.2 Å². The lowest BCUT2D eigenvalue weighted by atomic mass is 10.1. The maximum Gasteiger partial charge on any atom is 0.255 e. The first-order chi connectivity index (χ1) is 16.5. The third kappa shape index (κ3) is 5.04. The molecule has 1 fully saturated rings. The van der Waals surface area contributed by atoms with Crippen LogP contribution in [0.3, 0.4) is 0 Å². The van der Waals surface area contributed by atoms with E-state index in [0.717, 1.165) is 24.1 Å². The minimum absolute atomic E-state index is 0.0992. The van der Waals surface area contributed by atoms with Gasteiger partial charge in [0.1, 0.15) is 16.9 Å². The molecule has 4 rings (SSSR count). The van der Waals surface area contributed by atoms with Gasteiger partial charge >= 0.3 is 0 Å². The second kappa shape index (κ2) is 10.7. The Balaban J connectivity index is 1.53. The van der Waals surface area contributed by atoms with Crippen molar-refractivity contribution in [2.24, 2.45) is 0 Å². The molecular weight excluding hydrogens is 448 g/mol. The van der Waals surface area contributed by atoms with Crippen LogP contribution in [-0.4, -0.2) is 31.8 Å². The molecule has 0 saturated carbocycles. The molecule has 3 aromatic rings. The number of carbonyl (C=O) groups is 2. The van der Waals surface area contributed by atoms with Crippen LogP contribution in [-0.2, 0) is 11.2 Å². The van der Waals surface area contributed by atoms with Crippen molar-refractivity contribution in [3.8, 4) is 11.5 Å². The molecule has 7 heteroatoms. The SMILES string of the molecule is CCCc1ccccc1N1C(=O)CSC1c1ccc(NC(=O)c2cc(OC)cc(OC)c2)cc1. The van der Waals surface area contributed by atoms with Crippen LogP contribution in [0.5, 0.6) is 11.5 Å². The lowest BCUT2D eigenvalue weighted by Crippen LogP contribution is -2.28. The molecule has 1 aliphatic heterocycles. The number of aryl methyl sites for hydroxylation is 1. The van der Waals surface area contributed by atoms with E-state index in [4.69, 9.17) is 9.47 Å². The van der Waals surface area contributed by atoms with Crippen molar-refractivity contribution in [2.75, 3.05) is 30.2 Å². The predicted molar refractivity (Wildman–Crippen MR) is 137 cm³/mol. The number of para-hydroxylation sites is 1. The van der Waals surface area contributed by atoms with E-state index in [1.54, 1.807) is 44.2 Å². The number of hydrogen-bond donors (Lipinski definition) is 1. The highest BCUT2D eigenvalue weighted by Crippen LogP contribution is 2.43. The highest BCUT2D eigenvalue weighted by Gasteiger charge is 2.35. The van der Waals surface area contributed by atoms with E-state index in [2.05, 4.69) is 18.3 Å². The lowest BCUT2D eigenvalue weighted by Gasteiger charge is -2.26. The Kier molecular flexibility index (Phi) is 7.43. The van der Waals surface area contributed by atoms with E-state index >= 15 is 0 Å². The molecule has 1 heterocycles. The molecule has 0 spiro atoms. The molecule has 2 amide bonds. The van der Waals surface area contributed by atoms with Crippen molar-refractivity contribution >= 4 is 35.0 Å². The van der Waals surface area contributed by atoms with Gasteiger partial charge in [0.2, 0.25) is 5.91 Å². The monoisotopic (exact) mass is 476 g/mol. The zero-order valence-corrected chi connectivity index (χ0v) is 20.4. The number of nitrogens with one attached hydrogen (secondary N) is 1. The zero-order valence-electron chi connectivity index (χ0n) is 19.5. The highest BCUT2D eigenvalue weighted by molar-refractivity contribution is 8.00. The summed E-state index contributed by atoms with van der Waals surface area (Å²) in [4.78, 5) is 27.5. The Morgan fingerprint density at radius 3 is 2.35 bits per heavy atom. The van der Waals surface area contributed by atoms with E-state index in [9.17, 15) is 9.59 Å². The molecule has 1 unspecified atom stereocenters. The summed E-state index contributed by atoms with van der Waals surface area (Å²) in [7, 11) is 3.09. The molecule has 0 radical (unpaired) electrons. The van der Waals surface area contributed by atoms with Crippen molar-refractivity contribution in [1.29, 1.82) is 0 Å². The van der Waals surface area contributed by atoms with E-state index in [0.29, 0.717) is 28.5 Å². The fraction of sp³-hybridized carbons (Fsp3) is 0.259. The van der Waals surface area contributed by atoms with Gasteiger partial charge in [0.25, 0.3) is 5.91 Å². The molecule has 6 nitrogen and oxygen atoms in total. The number of thioether (sulfide) groups is 1. The first-order valence-corrected chi connectivity index (χ1v) is 12.2. The predicted octanol–water partition coefficient (Wildman–Crippen LogP) is 5.69. The number of benzene rings is 3. The average molecular weight is 477 g/mol. The average Bonchev–Trinajstić information content (AvgIpc) is 3.25. The summed E-state index contributed by atoms with van der Waals surface area (Å²) in [5.74, 6) is 1.40. The molecule has 0 bridgehead atoms. The number of rotatable bonds is 8. The molecule has 0 aliphatic carbocycles. The number of anilines is 2. The summed E-state index contributed by atoms with van der Waals surface area (Å²) in [6, 6.07) is 20.8. The largest absolute Gasteiger partial charge is 0.497 e. The smallest absolute Gasteiger partial charge is 0.255 e. The molecule has 1 saturated heterocycles. The van der Waals surface area contributed by atoms with Gasteiger partial charge in [-0.25, -0.2) is 0 Å². The van der Waals surface area contributed by atoms with E-state index in [1.807, 2.05) is 47.4 Å². The van der Waals surface area contributed by atoms with Gasteiger partial charge in [-0.15, -0.1) is 11.8 Å². The van der Waals surface area contributed by atoms with Crippen molar-refractivity contribution in [3.63, 3.8) is 0 Å². The van der Waals surface area contributed by atoms with Gasteiger partial charge < -0.3 is 14.8 Å². The molecule has 1 aliphatic rings. The van der Waals surface area contributed by atoms with Gasteiger partial charge in [0.05, 0.1) is 20.0 Å². The third-order valence-corrected chi connectivity index (χ3v) is 6.92. The van der Waals surface area contributed by atoms with Crippen LogP contribution in [0.4, 0.5) is 11.4 Å². The Hall–Kier alpha value is -3.45. The Morgan fingerprint density at radius 2 is 1.71 bits per heavy atom. The minimum atomic E-state index is -0.259. The van der Waals surface area contributed by atoms with Crippen LogP contribution >= 0.6 is 11.8 Å². The first-order valence-electron chi connectivity index (χ1n) is 11.2. The van der Waals surface area contributed by atoms with Crippen molar-refractivity contribution in [3.05, 3.63) is 83.4 Å². The molecule has 3 aromatic carbocycles. The summed E-state index contributed by atoms with van der Waals surface area (Å²) >= 11 is 1.62. The Morgan fingerprint density at radius 1 is 1.03 bits per heavy atom. The van der Waals surface area contributed by atoms with Gasteiger partial charge in [-0.1, -0.05) is 43.7 Å². The normalized spacial score (nSPS) is 15.3. The Bertz CT molecular complexity index is 1160. The summed E-state index contributed by atoms with van der Waals surface area (Å²) < 4.78 is 10.5. The molecular formula is C27H28N2O4S. The zero-order chi connectivity index (χ0) is 24.1. The summed E-state index contributed by atoms with van der Waals surface area (Å²) in [5.41, 5.74) is 4.29. The van der Waals surface area contributed by atoms with Crippen LogP contribution in [0.25, 0.3) is 0 Å². The van der Waals surface area contributed by atoms with Crippen LogP contribution in [0.15, 0.2) is 66.7 Å². The van der Waals surface area contributed by atoms with E-state index in [-0.39, 0.29) is 17.2 Å². The molecule has 34 heavy (non-hydrogen) atoms. The number of ether oxygens (including phenoxy) is 2. The Labute approximate surface area is 204 Å². The van der Waals surface area contributed by atoms with Crippen molar-refractivity contribution < 1.29 is 19.1 Å². The molecule has 1 N–H and O–H groups in total. The van der Waals surface area contributed by atoms with Gasteiger partial charge in [-0.05, 0) is 47.9 Å². The number of methoxy groups -OCH3 is 2. The maximum atomic E-state index is 12.8. The molecule has 1 atom stereocenters. The number of amides is 2. The van der Waals surface area contributed by atoms with E-state index in [1.165, 1.54) is 5.56 Å². The second-order valence-electron chi connectivity index (χ2n) is 7.98. The standard InChI is InChI=1S/C27H28N2O4S/c1-4-7-18-8-5-6-9-24(18)29-25(30)17-34-27(29)19-10-12-21(13-11-19)28-26(31)20-14-22(32-2)16-23(15-20)33-3/h5-6,8-16,27H,4,7,17H2,1-3H3,(H,28,31). The van der Waals surface area contributed by atoms with Gasteiger partial charge in [0, 0.05) is 23.0 Å². The van der Waals surface area contributed by atoms with Crippen LogP contribution in [0.2, 0.25) is 0 Å². The van der Waals surface area contributed by atoms with Crippen molar-refractivity contribution in [2.45, 2.75) is 25.1 Å². The fourth-order valence-electron chi connectivity index (χ4n) is 4.03. The molecule has 176 valence electrons. The third-order valence-electron chi connectivity index (χ3n) is 5.71. The number of nitrogens with zero attached hydrogens (tertiary/aromatic N) is 1. The fourth-order valence-corrected chi connectivity index (χ4v) is 5.20. The minimum Gasteiger partial charge on any atom is -0.497 e. The quantitative estimate of drug-likeness (QED) is 0.453. The molecule has 0 aromatic heterocycles. The van der Waals surface area contributed by atoms with Gasteiger partial charge in [-0.2, -0.15) is 0 Å². The van der Waals surface area contributed by atoms with Gasteiger partial charge in [-0.3, -0.25) is 14.5 Å². The summed E-state index contributed by atoms with van der Waals surface area (Å²) in [6.07, 6.45) is 1.95.